The SMILES string of the molecule is COC(C)[C-](C)C(C)C.[CH2-]CC.[Y+3]. The van der Waals surface area contributed by atoms with Gasteiger partial charge in [0.2, 0.25) is 0 Å². The summed E-state index contributed by atoms with van der Waals surface area (Å²) in [5.41, 5.74) is 0. The van der Waals surface area contributed by atoms with Crippen LogP contribution in [0, 0.1) is 18.8 Å². The second-order valence-electron chi connectivity index (χ2n) is 3.28. The molecule has 0 bridgehead atoms. The summed E-state index contributed by atoms with van der Waals surface area (Å²) in [6.07, 6.45) is 1.31. The topological polar surface area (TPSA) is 9.23 Å². The van der Waals surface area contributed by atoms with Crippen LogP contribution in [0.4, 0.5) is 0 Å². The molecule has 0 aromatic carbocycles. The van der Waals surface area contributed by atoms with Gasteiger partial charge in [-0.15, -0.1) is 0 Å². The Bertz CT molecular complexity index is 84.2. The zero-order valence-corrected chi connectivity index (χ0v) is 12.9. The Hall–Kier alpha value is 1.06. The Morgan fingerprint density at radius 2 is 1.62 bits per heavy atom. The third-order valence-corrected chi connectivity index (χ3v) is 1.91. The molecule has 0 N–H and O–H groups in total. The largest absolute Gasteiger partial charge is 3.00 e. The number of hydrogen-bond acceptors (Lipinski definition) is 1. The Morgan fingerprint density at radius 1 is 1.31 bits per heavy atom. The first kappa shape index (κ1) is 19.6. The molecular formula is C11H24OY+. The van der Waals surface area contributed by atoms with Crippen LogP contribution in [0.1, 0.15) is 41.0 Å². The molecule has 0 aliphatic rings. The standard InChI is InChI=1S/C8H17O.C3H7.Y/c1-6(2)7(3)8(4)9-5;1-3-2;/h6,8H,1-5H3;1,3H2,2H3;/q2*-1;+3. The predicted molar refractivity (Wildman–Crippen MR) is 55.9 cm³/mol. The van der Waals surface area contributed by atoms with E-state index in [0.717, 1.165) is 6.42 Å². The summed E-state index contributed by atoms with van der Waals surface area (Å²) in [5.74, 6) is 2.05. The maximum atomic E-state index is 5.14. The zero-order chi connectivity index (χ0) is 10.1. The fraction of sp³-hybridized carbons (Fsp3) is 0.818. The monoisotopic (exact) mass is 261 g/mol. The average Bonchev–Trinajstić information content (AvgIpc) is 2.03. The van der Waals surface area contributed by atoms with Gasteiger partial charge in [0.25, 0.3) is 0 Å². The van der Waals surface area contributed by atoms with Crippen LogP contribution in [-0.2, 0) is 37.4 Å². The van der Waals surface area contributed by atoms with Crippen molar-refractivity contribution < 1.29 is 37.4 Å². The molecule has 1 unspecified atom stereocenters. The van der Waals surface area contributed by atoms with Crippen LogP contribution in [0.5, 0.6) is 0 Å². The van der Waals surface area contributed by atoms with Crippen LogP contribution in [0.25, 0.3) is 0 Å². The minimum atomic E-state index is 0. The molecule has 0 radical (unpaired) electrons. The summed E-state index contributed by atoms with van der Waals surface area (Å²) in [7, 11) is 1.75. The van der Waals surface area contributed by atoms with Gasteiger partial charge in [0.05, 0.1) is 0 Å². The zero-order valence-electron chi connectivity index (χ0n) is 10.1. The van der Waals surface area contributed by atoms with Crippen molar-refractivity contribution in [2.75, 3.05) is 7.11 Å². The van der Waals surface area contributed by atoms with Gasteiger partial charge in [-0.3, -0.25) is 5.92 Å². The van der Waals surface area contributed by atoms with Crippen molar-refractivity contribution in [2.24, 2.45) is 5.92 Å². The molecule has 0 fully saturated rings. The maximum absolute atomic E-state index is 5.14. The second kappa shape index (κ2) is 13.1. The molecule has 0 amide bonds. The summed E-state index contributed by atoms with van der Waals surface area (Å²) < 4.78 is 5.14. The fourth-order valence-electron chi connectivity index (χ4n) is 0.655. The summed E-state index contributed by atoms with van der Waals surface area (Å²) in [4.78, 5) is 0. The average molecular weight is 261 g/mol. The van der Waals surface area contributed by atoms with Crippen LogP contribution in [0.3, 0.4) is 0 Å². The van der Waals surface area contributed by atoms with Gasteiger partial charge in [0.15, 0.2) is 0 Å². The fourth-order valence-corrected chi connectivity index (χ4v) is 0.655. The van der Waals surface area contributed by atoms with Crippen LogP contribution in [0.15, 0.2) is 0 Å². The van der Waals surface area contributed by atoms with E-state index in [2.05, 4.69) is 34.6 Å². The van der Waals surface area contributed by atoms with Crippen molar-refractivity contribution in [1.29, 1.82) is 0 Å². The van der Waals surface area contributed by atoms with Crippen molar-refractivity contribution >= 4 is 0 Å². The van der Waals surface area contributed by atoms with Gasteiger partial charge in [-0.1, -0.05) is 33.8 Å². The molecule has 0 aromatic heterocycles. The molecule has 0 saturated heterocycles. The first-order valence-electron chi connectivity index (χ1n) is 4.66. The molecular weight excluding hydrogens is 237 g/mol. The molecule has 0 rings (SSSR count). The third-order valence-electron chi connectivity index (χ3n) is 1.91. The Morgan fingerprint density at radius 3 is 1.69 bits per heavy atom. The molecule has 0 aromatic rings. The predicted octanol–water partition coefficient (Wildman–Crippen LogP) is 3.50. The number of methoxy groups -OCH3 is 1. The molecule has 1 nitrogen and oxygen atoms in total. The molecule has 2 heteroatoms. The van der Waals surface area contributed by atoms with E-state index in [1.165, 1.54) is 5.92 Å². The molecule has 0 heterocycles. The summed E-state index contributed by atoms with van der Waals surface area (Å²) in [6.45, 7) is 14.1. The van der Waals surface area contributed by atoms with Gasteiger partial charge in [-0.05, 0) is 0 Å². The van der Waals surface area contributed by atoms with Gasteiger partial charge in [0.1, 0.15) is 0 Å². The Balaban J connectivity index is -0.000000220. The molecule has 0 aliphatic carbocycles. The first-order valence-corrected chi connectivity index (χ1v) is 4.66. The van der Waals surface area contributed by atoms with E-state index >= 15 is 0 Å². The van der Waals surface area contributed by atoms with Crippen molar-refractivity contribution in [3.05, 3.63) is 12.8 Å². The smallest absolute Gasteiger partial charge is 0.413 e. The summed E-state index contributed by atoms with van der Waals surface area (Å²) >= 11 is 0. The molecule has 0 spiro atoms. The van der Waals surface area contributed by atoms with Crippen LogP contribution in [0.2, 0.25) is 0 Å². The molecule has 0 saturated carbocycles. The van der Waals surface area contributed by atoms with E-state index in [4.69, 9.17) is 4.74 Å². The van der Waals surface area contributed by atoms with Gasteiger partial charge >= 0.3 is 32.7 Å². The van der Waals surface area contributed by atoms with Crippen molar-refractivity contribution in [2.45, 2.75) is 47.1 Å². The van der Waals surface area contributed by atoms with Crippen molar-refractivity contribution in [1.82, 2.24) is 0 Å². The minimum absolute atomic E-state index is 0. The van der Waals surface area contributed by atoms with Crippen LogP contribution >= 0.6 is 0 Å². The van der Waals surface area contributed by atoms with E-state index in [9.17, 15) is 0 Å². The number of rotatable bonds is 3. The van der Waals surface area contributed by atoms with Crippen molar-refractivity contribution in [3.63, 3.8) is 0 Å². The van der Waals surface area contributed by atoms with E-state index in [-0.39, 0.29) is 32.7 Å². The van der Waals surface area contributed by atoms with Crippen molar-refractivity contribution in [3.8, 4) is 0 Å². The quantitative estimate of drug-likeness (QED) is 0.706. The maximum Gasteiger partial charge on any atom is 3.00 e. The molecule has 13 heavy (non-hydrogen) atoms. The molecule has 1 atom stereocenters. The summed E-state index contributed by atoms with van der Waals surface area (Å²) in [5, 5.41) is 0. The van der Waals surface area contributed by atoms with Gasteiger partial charge in [-0.25, -0.2) is 0 Å². The van der Waals surface area contributed by atoms with Gasteiger partial charge in [-0.2, -0.15) is 19.3 Å². The van der Waals surface area contributed by atoms with E-state index < -0.39 is 0 Å². The van der Waals surface area contributed by atoms with E-state index in [0.29, 0.717) is 12.0 Å². The third kappa shape index (κ3) is 13.1. The van der Waals surface area contributed by atoms with Crippen LogP contribution < -0.4 is 0 Å². The van der Waals surface area contributed by atoms with Crippen LogP contribution in [-0.4, -0.2) is 13.2 Å². The first-order chi connectivity index (χ1) is 5.51. The number of ether oxygens (including phenoxy) is 1. The second-order valence-corrected chi connectivity index (χ2v) is 3.28. The summed E-state index contributed by atoms with van der Waals surface area (Å²) in [6, 6.07) is 0. The Kier molecular flexibility index (Phi) is 19.7. The van der Waals surface area contributed by atoms with Gasteiger partial charge in [0, 0.05) is 7.11 Å². The van der Waals surface area contributed by atoms with Gasteiger partial charge < -0.3 is 11.7 Å². The van der Waals surface area contributed by atoms with E-state index in [1.807, 2.05) is 6.92 Å². The Labute approximate surface area is 110 Å². The molecule has 0 aliphatic heterocycles. The normalized spacial score (nSPS) is 11.8. The minimum Gasteiger partial charge on any atom is -0.413 e. The van der Waals surface area contributed by atoms with E-state index in [1.54, 1.807) is 7.11 Å². The number of hydrogen-bond donors (Lipinski definition) is 0. The molecule has 76 valence electrons.